The van der Waals surface area contributed by atoms with E-state index in [0.29, 0.717) is 11.1 Å². The number of aliphatic carboxylic acids is 1. The lowest BCUT2D eigenvalue weighted by molar-refractivity contribution is -0.143. The Hall–Kier alpha value is -1.86. The standard InChI is InChI=1S/C12H13NO3/c1-12(6-7-14,11(15)16)10-5-3-2-4-9(10)8-13/h2-5,14H,6-7H2,1H3,(H,15,16). The highest BCUT2D eigenvalue weighted by molar-refractivity contribution is 5.81. The molecule has 0 radical (unpaired) electrons. The number of carboxylic acids is 1. The topological polar surface area (TPSA) is 81.3 Å². The van der Waals surface area contributed by atoms with Crippen molar-refractivity contribution >= 4 is 5.97 Å². The van der Waals surface area contributed by atoms with E-state index < -0.39 is 11.4 Å². The predicted molar refractivity (Wildman–Crippen MR) is 57.8 cm³/mol. The molecule has 4 heteroatoms. The van der Waals surface area contributed by atoms with E-state index >= 15 is 0 Å². The zero-order chi connectivity index (χ0) is 12.2. The molecule has 0 saturated heterocycles. The van der Waals surface area contributed by atoms with Crippen molar-refractivity contribution in [3.8, 4) is 6.07 Å². The molecule has 84 valence electrons. The van der Waals surface area contributed by atoms with Gasteiger partial charge in [0.2, 0.25) is 0 Å². The van der Waals surface area contributed by atoms with Gasteiger partial charge in [-0.2, -0.15) is 5.26 Å². The molecule has 0 aliphatic rings. The highest BCUT2D eigenvalue weighted by Crippen LogP contribution is 2.30. The molecule has 1 unspecified atom stereocenters. The van der Waals surface area contributed by atoms with E-state index in [1.54, 1.807) is 24.3 Å². The Bertz CT molecular complexity index is 436. The van der Waals surface area contributed by atoms with Crippen molar-refractivity contribution in [3.05, 3.63) is 35.4 Å². The van der Waals surface area contributed by atoms with Gasteiger partial charge in [0.05, 0.1) is 17.0 Å². The molecule has 1 atom stereocenters. The number of hydrogen-bond acceptors (Lipinski definition) is 3. The van der Waals surface area contributed by atoms with Gasteiger partial charge >= 0.3 is 5.97 Å². The third kappa shape index (κ3) is 2.05. The summed E-state index contributed by atoms with van der Waals surface area (Å²) in [5.41, 5.74) is -0.443. The lowest BCUT2D eigenvalue weighted by atomic mass is 9.77. The molecule has 0 heterocycles. The van der Waals surface area contributed by atoms with Crippen molar-refractivity contribution < 1.29 is 15.0 Å². The zero-order valence-electron chi connectivity index (χ0n) is 8.97. The summed E-state index contributed by atoms with van der Waals surface area (Å²) in [5.74, 6) is -1.04. The van der Waals surface area contributed by atoms with Crippen LogP contribution in [-0.2, 0) is 10.2 Å². The normalized spacial score (nSPS) is 13.8. The highest BCUT2D eigenvalue weighted by atomic mass is 16.4. The quantitative estimate of drug-likeness (QED) is 0.799. The lowest BCUT2D eigenvalue weighted by Crippen LogP contribution is -2.34. The van der Waals surface area contributed by atoms with E-state index in [-0.39, 0.29) is 13.0 Å². The van der Waals surface area contributed by atoms with Crippen LogP contribution in [0.1, 0.15) is 24.5 Å². The van der Waals surface area contributed by atoms with Crippen molar-refractivity contribution in [2.24, 2.45) is 0 Å². The summed E-state index contributed by atoms with van der Waals surface area (Å²) in [4.78, 5) is 11.3. The highest BCUT2D eigenvalue weighted by Gasteiger charge is 2.36. The predicted octanol–water partition coefficient (Wildman–Crippen LogP) is 1.28. The number of nitrogens with zero attached hydrogens (tertiary/aromatic N) is 1. The molecule has 0 spiro atoms. The molecular formula is C12H13NO3. The van der Waals surface area contributed by atoms with Crippen LogP contribution in [0, 0.1) is 11.3 Å². The lowest BCUT2D eigenvalue weighted by Gasteiger charge is -2.25. The van der Waals surface area contributed by atoms with Gasteiger partial charge in [-0.1, -0.05) is 18.2 Å². The summed E-state index contributed by atoms with van der Waals surface area (Å²) in [5, 5.41) is 27.1. The summed E-state index contributed by atoms with van der Waals surface area (Å²) in [6.45, 7) is 1.28. The van der Waals surface area contributed by atoms with Crippen LogP contribution in [0.2, 0.25) is 0 Å². The molecule has 4 nitrogen and oxygen atoms in total. The largest absolute Gasteiger partial charge is 0.481 e. The van der Waals surface area contributed by atoms with Crippen LogP contribution < -0.4 is 0 Å². The molecule has 0 aromatic heterocycles. The molecule has 0 saturated carbocycles. The molecule has 0 aliphatic carbocycles. The van der Waals surface area contributed by atoms with Gasteiger partial charge in [0.25, 0.3) is 0 Å². The Balaban J connectivity index is 3.32. The summed E-state index contributed by atoms with van der Waals surface area (Å²) >= 11 is 0. The van der Waals surface area contributed by atoms with E-state index in [1.807, 2.05) is 6.07 Å². The minimum atomic E-state index is -1.22. The van der Waals surface area contributed by atoms with Crippen molar-refractivity contribution in [2.75, 3.05) is 6.61 Å². The van der Waals surface area contributed by atoms with Gasteiger partial charge in [0.1, 0.15) is 0 Å². The second-order valence-electron chi connectivity index (χ2n) is 3.77. The number of carboxylic acid groups (broad SMARTS) is 1. The minimum Gasteiger partial charge on any atom is -0.481 e. The maximum absolute atomic E-state index is 11.3. The van der Waals surface area contributed by atoms with E-state index in [0.717, 1.165) is 0 Å². The molecule has 1 aromatic rings. The fraction of sp³-hybridized carbons (Fsp3) is 0.333. The van der Waals surface area contributed by atoms with Crippen LogP contribution in [0.15, 0.2) is 24.3 Å². The number of benzene rings is 1. The SMILES string of the molecule is CC(CCO)(C(=O)O)c1ccccc1C#N. The van der Waals surface area contributed by atoms with Crippen LogP contribution in [0.25, 0.3) is 0 Å². The zero-order valence-corrected chi connectivity index (χ0v) is 8.97. The smallest absolute Gasteiger partial charge is 0.313 e. The van der Waals surface area contributed by atoms with Crippen LogP contribution in [0.3, 0.4) is 0 Å². The first-order valence-electron chi connectivity index (χ1n) is 4.90. The summed E-state index contributed by atoms with van der Waals surface area (Å²) in [7, 11) is 0. The Kier molecular flexibility index (Phi) is 3.64. The van der Waals surface area contributed by atoms with Gasteiger partial charge in [-0.05, 0) is 25.0 Å². The monoisotopic (exact) mass is 219 g/mol. The molecule has 0 bridgehead atoms. The average molecular weight is 219 g/mol. The third-order valence-electron chi connectivity index (χ3n) is 2.73. The minimum absolute atomic E-state index is 0.0844. The van der Waals surface area contributed by atoms with Gasteiger partial charge in [-0.3, -0.25) is 4.79 Å². The van der Waals surface area contributed by atoms with Crippen molar-refractivity contribution in [1.29, 1.82) is 5.26 Å². The van der Waals surface area contributed by atoms with Crippen molar-refractivity contribution in [2.45, 2.75) is 18.8 Å². The van der Waals surface area contributed by atoms with E-state index in [2.05, 4.69) is 0 Å². The van der Waals surface area contributed by atoms with E-state index in [9.17, 15) is 9.90 Å². The van der Waals surface area contributed by atoms with Crippen molar-refractivity contribution in [1.82, 2.24) is 0 Å². The molecule has 0 fully saturated rings. The fourth-order valence-corrected chi connectivity index (χ4v) is 1.64. The van der Waals surface area contributed by atoms with E-state index in [4.69, 9.17) is 10.4 Å². The molecule has 1 aromatic carbocycles. The first kappa shape index (κ1) is 12.2. The number of aliphatic hydroxyl groups excluding tert-OH is 1. The van der Waals surface area contributed by atoms with Gasteiger partial charge < -0.3 is 10.2 Å². The summed E-state index contributed by atoms with van der Waals surface area (Å²) in [6.07, 6.45) is 0.0844. The first-order chi connectivity index (χ1) is 7.56. The van der Waals surface area contributed by atoms with Crippen LogP contribution in [0.5, 0.6) is 0 Å². The summed E-state index contributed by atoms with van der Waals surface area (Å²) < 4.78 is 0. The second kappa shape index (κ2) is 4.77. The fourth-order valence-electron chi connectivity index (χ4n) is 1.64. The maximum Gasteiger partial charge on any atom is 0.313 e. The number of aliphatic hydroxyl groups is 1. The molecule has 16 heavy (non-hydrogen) atoms. The Morgan fingerprint density at radius 1 is 1.50 bits per heavy atom. The van der Waals surface area contributed by atoms with E-state index in [1.165, 1.54) is 6.92 Å². The van der Waals surface area contributed by atoms with Crippen LogP contribution >= 0.6 is 0 Å². The van der Waals surface area contributed by atoms with Gasteiger partial charge in [0.15, 0.2) is 0 Å². The number of carbonyl (C=O) groups is 1. The van der Waals surface area contributed by atoms with Crippen LogP contribution in [-0.4, -0.2) is 22.8 Å². The van der Waals surface area contributed by atoms with Gasteiger partial charge in [0, 0.05) is 6.61 Å². The molecular weight excluding hydrogens is 206 g/mol. The molecule has 1 rings (SSSR count). The van der Waals surface area contributed by atoms with Crippen LogP contribution in [0.4, 0.5) is 0 Å². The number of hydrogen-bond donors (Lipinski definition) is 2. The Labute approximate surface area is 93.8 Å². The maximum atomic E-state index is 11.3. The van der Waals surface area contributed by atoms with Crippen molar-refractivity contribution in [3.63, 3.8) is 0 Å². The van der Waals surface area contributed by atoms with Gasteiger partial charge in [-0.15, -0.1) is 0 Å². The molecule has 0 aliphatic heterocycles. The molecule has 2 N–H and O–H groups in total. The first-order valence-corrected chi connectivity index (χ1v) is 4.90. The Morgan fingerprint density at radius 3 is 2.62 bits per heavy atom. The second-order valence-corrected chi connectivity index (χ2v) is 3.77. The molecule has 0 amide bonds. The van der Waals surface area contributed by atoms with Gasteiger partial charge in [-0.25, -0.2) is 0 Å². The number of nitriles is 1. The average Bonchev–Trinajstić information content (AvgIpc) is 2.29. The summed E-state index contributed by atoms with van der Waals surface area (Å²) in [6, 6.07) is 8.53. The Morgan fingerprint density at radius 2 is 2.12 bits per heavy atom. The third-order valence-corrected chi connectivity index (χ3v) is 2.73. The number of rotatable bonds is 4.